The van der Waals surface area contributed by atoms with Crippen LogP contribution in [0.5, 0.6) is 11.5 Å². The Labute approximate surface area is 198 Å². The van der Waals surface area contributed by atoms with E-state index in [-0.39, 0.29) is 16.5 Å². The van der Waals surface area contributed by atoms with Crippen LogP contribution in [-0.2, 0) is 23.0 Å². The maximum Gasteiger partial charge on any atom is 0.261 e. The number of amides is 1. The van der Waals surface area contributed by atoms with Gasteiger partial charge in [0.1, 0.15) is 5.82 Å². The minimum Gasteiger partial charge on any atom is -0.493 e. The number of halogens is 1. The van der Waals surface area contributed by atoms with E-state index in [9.17, 15) is 17.6 Å². The van der Waals surface area contributed by atoms with Crippen LogP contribution in [0.3, 0.4) is 0 Å². The smallest absolute Gasteiger partial charge is 0.261 e. The number of hydrogen-bond donors (Lipinski definition) is 1. The molecule has 3 aromatic carbocycles. The van der Waals surface area contributed by atoms with Crippen LogP contribution in [0.1, 0.15) is 27.0 Å². The Hall–Kier alpha value is -3.59. The van der Waals surface area contributed by atoms with E-state index in [0.717, 1.165) is 11.1 Å². The van der Waals surface area contributed by atoms with E-state index in [1.165, 1.54) is 36.4 Å². The summed E-state index contributed by atoms with van der Waals surface area (Å²) in [6.45, 7) is 2.63. The SMILES string of the molecule is COc1cc2c(cc1OC)CN(C(=O)c1cc(S(=O)(=O)Nc3ccc(F)cc3)ccc1C)CC2. The fourth-order valence-corrected chi connectivity index (χ4v) is 5.04. The summed E-state index contributed by atoms with van der Waals surface area (Å²) in [5.41, 5.74) is 3.25. The van der Waals surface area contributed by atoms with Crippen LogP contribution in [0.25, 0.3) is 0 Å². The molecule has 0 atom stereocenters. The van der Waals surface area contributed by atoms with Gasteiger partial charge in [-0.3, -0.25) is 9.52 Å². The number of rotatable bonds is 6. The summed E-state index contributed by atoms with van der Waals surface area (Å²) in [6.07, 6.45) is 0.643. The summed E-state index contributed by atoms with van der Waals surface area (Å²) < 4.78 is 52.1. The van der Waals surface area contributed by atoms with E-state index in [4.69, 9.17) is 9.47 Å². The molecule has 0 radical (unpaired) electrons. The number of nitrogens with zero attached hydrogens (tertiary/aromatic N) is 1. The molecule has 1 N–H and O–H groups in total. The minimum atomic E-state index is -3.97. The van der Waals surface area contributed by atoms with E-state index in [1.807, 2.05) is 12.1 Å². The third-order valence-corrected chi connectivity index (χ3v) is 7.23. The number of benzene rings is 3. The Kier molecular flexibility index (Phi) is 6.47. The molecule has 1 heterocycles. The van der Waals surface area contributed by atoms with Gasteiger partial charge in [0.15, 0.2) is 11.5 Å². The van der Waals surface area contributed by atoms with Crippen molar-refractivity contribution in [2.24, 2.45) is 0 Å². The van der Waals surface area contributed by atoms with Crippen molar-refractivity contribution < 1.29 is 27.1 Å². The lowest BCUT2D eigenvalue weighted by Crippen LogP contribution is -2.36. The molecule has 4 rings (SSSR count). The van der Waals surface area contributed by atoms with E-state index in [1.54, 1.807) is 32.1 Å². The zero-order chi connectivity index (χ0) is 24.5. The lowest BCUT2D eigenvalue weighted by atomic mass is 9.97. The van der Waals surface area contributed by atoms with Gasteiger partial charge >= 0.3 is 0 Å². The Balaban J connectivity index is 1.59. The highest BCUT2D eigenvalue weighted by Crippen LogP contribution is 2.34. The third-order valence-electron chi connectivity index (χ3n) is 5.85. The molecule has 0 unspecified atom stereocenters. The maximum atomic E-state index is 13.4. The van der Waals surface area contributed by atoms with Gasteiger partial charge in [0.05, 0.1) is 19.1 Å². The molecular weight excluding hydrogens is 459 g/mol. The van der Waals surface area contributed by atoms with E-state index in [0.29, 0.717) is 42.1 Å². The van der Waals surface area contributed by atoms with Crippen molar-refractivity contribution in [1.82, 2.24) is 4.90 Å². The molecule has 0 fully saturated rings. The predicted octanol–water partition coefficient (Wildman–Crippen LogP) is 4.15. The average molecular weight is 485 g/mol. The lowest BCUT2D eigenvalue weighted by molar-refractivity contribution is 0.0733. The number of sulfonamides is 1. The number of nitrogens with one attached hydrogen (secondary N) is 1. The van der Waals surface area contributed by atoms with Crippen LogP contribution in [-0.4, -0.2) is 40.0 Å². The molecule has 1 aliphatic rings. The van der Waals surface area contributed by atoms with Gasteiger partial charge in [0.25, 0.3) is 15.9 Å². The van der Waals surface area contributed by atoms with Gasteiger partial charge in [-0.2, -0.15) is 0 Å². The maximum absolute atomic E-state index is 13.4. The number of ether oxygens (including phenoxy) is 2. The van der Waals surface area contributed by atoms with Gasteiger partial charge in [0.2, 0.25) is 0 Å². The Bertz CT molecular complexity index is 1340. The topological polar surface area (TPSA) is 84.9 Å². The molecule has 0 aliphatic carbocycles. The van der Waals surface area contributed by atoms with Crippen LogP contribution < -0.4 is 14.2 Å². The molecule has 9 heteroatoms. The van der Waals surface area contributed by atoms with Crippen LogP contribution in [0.15, 0.2) is 59.5 Å². The molecule has 3 aromatic rings. The van der Waals surface area contributed by atoms with Crippen molar-refractivity contribution >= 4 is 21.6 Å². The number of methoxy groups -OCH3 is 2. The van der Waals surface area contributed by atoms with Crippen molar-refractivity contribution in [1.29, 1.82) is 0 Å². The molecule has 1 aliphatic heterocycles. The number of anilines is 1. The summed E-state index contributed by atoms with van der Waals surface area (Å²) >= 11 is 0. The molecule has 1 amide bonds. The number of fused-ring (bicyclic) bond motifs is 1. The summed E-state index contributed by atoms with van der Waals surface area (Å²) in [7, 11) is -0.827. The average Bonchev–Trinajstić information content (AvgIpc) is 2.83. The number of carbonyl (C=O) groups excluding carboxylic acids is 1. The molecule has 0 aromatic heterocycles. The first-order valence-electron chi connectivity index (χ1n) is 10.6. The highest BCUT2D eigenvalue weighted by atomic mass is 32.2. The van der Waals surface area contributed by atoms with Crippen molar-refractivity contribution in [3.05, 3.63) is 82.7 Å². The zero-order valence-electron chi connectivity index (χ0n) is 19.1. The highest BCUT2D eigenvalue weighted by molar-refractivity contribution is 7.92. The lowest BCUT2D eigenvalue weighted by Gasteiger charge is -2.30. The molecule has 0 saturated heterocycles. The molecule has 178 valence electrons. The van der Waals surface area contributed by atoms with Crippen molar-refractivity contribution in [3.63, 3.8) is 0 Å². The second-order valence-corrected chi connectivity index (χ2v) is 9.72. The number of aryl methyl sites for hydroxylation is 1. The Morgan fingerprint density at radius 2 is 1.62 bits per heavy atom. The molecule has 0 spiro atoms. The molecule has 0 saturated carbocycles. The van der Waals surface area contributed by atoms with E-state index >= 15 is 0 Å². The molecule has 0 bridgehead atoms. The summed E-state index contributed by atoms with van der Waals surface area (Å²) in [5, 5.41) is 0. The first-order chi connectivity index (χ1) is 16.2. The normalized spacial score (nSPS) is 13.2. The first kappa shape index (κ1) is 23.6. The van der Waals surface area contributed by atoms with Crippen LogP contribution in [0.2, 0.25) is 0 Å². The quantitative estimate of drug-likeness (QED) is 0.568. The predicted molar refractivity (Wildman–Crippen MR) is 126 cm³/mol. The van der Waals surface area contributed by atoms with Gasteiger partial charge in [-0.25, -0.2) is 12.8 Å². The summed E-state index contributed by atoms with van der Waals surface area (Å²) in [5.74, 6) is 0.511. The van der Waals surface area contributed by atoms with Crippen molar-refractivity contribution in [2.45, 2.75) is 24.8 Å². The summed E-state index contributed by atoms with van der Waals surface area (Å²) in [4.78, 5) is 15.0. The van der Waals surface area contributed by atoms with Crippen LogP contribution in [0, 0.1) is 12.7 Å². The van der Waals surface area contributed by atoms with Gasteiger partial charge < -0.3 is 14.4 Å². The number of carbonyl (C=O) groups is 1. The molecule has 34 heavy (non-hydrogen) atoms. The fourth-order valence-electron chi connectivity index (χ4n) is 3.96. The minimum absolute atomic E-state index is 0.0467. The highest BCUT2D eigenvalue weighted by Gasteiger charge is 2.26. The fraction of sp³-hybridized carbons (Fsp3) is 0.240. The van der Waals surface area contributed by atoms with E-state index in [2.05, 4.69) is 4.72 Å². The van der Waals surface area contributed by atoms with Gasteiger partial charge in [-0.05, 0) is 78.6 Å². The largest absolute Gasteiger partial charge is 0.493 e. The van der Waals surface area contributed by atoms with Gasteiger partial charge in [-0.1, -0.05) is 6.07 Å². The van der Waals surface area contributed by atoms with Crippen LogP contribution >= 0.6 is 0 Å². The second-order valence-electron chi connectivity index (χ2n) is 8.04. The first-order valence-corrected chi connectivity index (χ1v) is 12.1. The standard InChI is InChI=1S/C25H25FN2O5S/c1-16-4-9-21(34(30,31)27-20-7-5-19(26)6-8-20)14-22(16)25(29)28-11-10-17-12-23(32-2)24(33-3)13-18(17)15-28/h4-9,12-14,27H,10-11,15H2,1-3H3. The summed E-state index contributed by atoms with van der Waals surface area (Å²) in [6, 6.07) is 13.2. The Morgan fingerprint density at radius 3 is 2.26 bits per heavy atom. The van der Waals surface area contributed by atoms with Gasteiger partial charge in [-0.15, -0.1) is 0 Å². The van der Waals surface area contributed by atoms with E-state index < -0.39 is 15.8 Å². The number of hydrogen-bond acceptors (Lipinski definition) is 5. The molecular formula is C25H25FN2O5S. The van der Waals surface area contributed by atoms with Gasteiger partial charge in [0, 0.05) is 24.3 Å². The zero-order valence-corrected chi connectivity index (χ0v) is 19.9. The molecule has 7 nitrogen and oxygen atoms in total. The Morgan fingerprint density at radius 1 is 0.971 bits per heavy atom. The second kappa shape index (κ2) is 9.34. The third kappa shape index (κ3) is 4.70. The monoisotopic (exact) mass is 484 g/mol. The van der Waals surface area contributed by atoms with Crippen molar-refractivity contribution in [2.75, 3.05) is 25.5 Å². The van der Waals surface area contributed by atoms with Crippen LogP contribution in [0.4, 0.5) is 10.1 Å². The van der Waals surface area contributed by atoms with Crippen molar-refractivity contribution in [3.8, 4) is 11.5 Å².